The third-order valence-corrected chi connectivity index (χ3v) is 3.98. The Morgan fingerprint density at radius 3 is 2.21 bits per heavy atom. The Kier molecular flexibility index (Phi) is 3.44. The van der Waals surface area contributed by atoms with Crippen molar-refractivity contribution in [1.82, 2.24) is 19.6 Å². The van der Waals surface area contributed by atoms with E-state index in [-0.39, 0.29) is 6.54 Å². The van der Waals surface area contributed by atoms with Gasteiger partial charge in [0.2, 0.25) is 0 Å². The molecule has 1 aromatic rings. The molecule has 102 valence electrons. The van der Waals surface area contributed by atoms with Crippen LogP contribution in [0.5, 0.6) is 0 Å². The van der Waals surface area contributed by atoms with Crippen molar-refractivity contribution in [2.45, 2.75) is 19.9 Å². The maximum absolute atomic E-state index is 11.8. The number of hydrogen-bond acceptors (Lipinski definition) is 4. The molecular weight excluding hydrogens is 316 g/mol. The van der Waals surface area contributed by atoms with Gasteiger partial charge in [-0.3, -0.25) is 19.2 Å². The molecule has 1 saturated heterocycles. The fourth-order valence-electron chi connectivity index (χ4n) is 1.89. The van der Waals surface area contributed by atoms with E-state index in [4.69, 9.17) is 0 Å². The van der Waals surface area contributed by atoms with Gasteiger partial charge in [0.15, 0.2) is 0 Å². The average Bonchev–Trinajstić information content (AvgIpc) is 2.76. The van der Waals surface area contributed by atoms with Gasteiger partial charge in [0, 0.05) is 14.1 Å². The first-order valence-corrected chi connectivity index (χ1v) is 6.51. The number of urea groups is 1. The molecule has 0 radical (unpaired) electrons. The second-order valence-electron chi connectivity index (χ2n) is 4.22. The van der Waals surface area contributed by atoms with Crippen LogP contribution in [0.3, 0.4) is 0 Å². The van der Waals surface area contributed by atoms with Crippen LogP contribution in [0.25, 0.3) is 0 Å². The van der Waals surface area contributed by atoms with Crippen LogP contribution < -0.4 is 0 Å². The lowest BCUT2D eigenvalue weighted by Gasteiger charge is -2.13. The second-order valence-corrected chi connectivity index (χ2v) is 5.02. The van der Waals surface area contributed by atoms with Gasteiger partial charge in [0.05, 0.1) is 22.4 Å². The van der Waals surface area contributed by atoms with Crippen molar-refractivity contribution < 1.29 is 14.4 Å². The Bertz CT molecular complexity index is 581. The summed E-state index contributed by atoms with van der Waals surface area (Å²) in [7, 11) is 3.02. The van der Waals surface area contributed by atoms with Gasteiger partial charge in [-0.1, -0.05) is 6.92 Å². The highest BCUT2D eigenvalue weighted by Gasteiger charge is 2.42. The van der Waals surface area contributed by atoms with Crippen LogP contribution in [0.2, 0.25) is 0 Å². The number of imide groups is 2. The van der Waals surface area contributed by atoms with E-state index in [0.717, 1.165) is 26.4 Å². The molecule has 19 heavy (non-hydrogen) atoms. The lowest BCUT2D eigenvalue weighted by atomic mass is 10.3. The molecule has 0 N–H and O–H groups in total. The molecular formula is C11H13BrN4O3. The molecule has 0 aliphatic carbocycles. The summed E-state index contributed by atoms with van der Waals surface area (Å²) in [6.07, 6.45) is 0.731. The number of halogens is 1. The summed E-state index contributed by atoms with van der Waals surface area (Å²) in [6.45, 7) is 1.98. The van der Waals surface area contributed by atoms with E-state index in [2.05, 4.69) is 21.0 Å². The van der Waals surface area contributed by atoms with Gasteiger partial charge in [-0.2, -0.15) is 5.10 Å². The molecule has 8 heteroatoms. The van der Waals surface area contributed by atoms with E-state index < -0.39 is 17.8 Å². The highest BCUT2D eigenvalue weighted by Crippen LogP contribution is 2.24. The summed E-state index contributed by atoms with van der Waals surface area (Å²) in [5.74, 6) is -1.61. The topological polar surface area (TPSA) is 75.5 Å². The van der Waals surface area contributed by atoms with Gasteiger partial charge in [0.1, 0.15) is 0 Å². The molecule has 1 aliphatic heterocycles. The highest BCUT2D eigenvalue weighted by molar-refractivity contribution is 9.10. The fourth-order valence-corrected chi connectivity index (χ4v) is 2.64. The number of rotatable bonds is 3. The lowest BCUT2D eigenvalue weighted by molar-refractivity contribution is -0.143. The molecule has 0 atom stereocenters. The van der Waals surface area contributed by atoms with E-state index in [0.29, 0.717) is 5.69 Å². The molecule has 1 aromatic heterocycles. The Morgan fingerprint density at radius 1 is 1.16 bits per heavy atom. The van der Waals surface area contributed by atoms with Gasteiger partial charge in [-0.05, 0) is 22.4 Å². The molecule has 0 bridgehead atoms. The SMILES string of the molecule is CCc1nn(C)c(CN2C(=O)C(=O)N(C)C2=O)c1Br. The first kappa shape index (κ1) is 13.7. The molecule has 7 nitrogen and oxygen atoms in total. The number of aromatic nitrogens is 2. The van der Waals surface area contributed by atoms with Crippen LogP contribution in [0, 0.1) is 0 Å². The standard InChI is InChI=1S/C11H13BrN4O3/c1-4-6-8(12)7(15(3)13-6)5-16-10(18)9(17)14(2)11(16)19/h4-5H2,1-3H3. The van der Waals surface area contributed by atoms with Crippen molar-refractivity contribution in [3.63, 3.8) is 0 Å². The van der Waals surface area contributed by atoms with Gasteiger partial charge in [0.25, 0.3) is 0 Å². The third-order valence-electron chi connectivity index (χ3n) is 3.06. The minimum absolute atomic E-state index is 0.0256. The molecule has 1 aliphatic rings. The maximum atomic E-state index is 11.8. The van der Waals surface area contributed by atoms with Gasteiger partial charge < -0.3 is 0 Å². The number of nitrogens with zero attached hydrogens (tertiary/aromatic N) is 4. The lowest BCUT2D eigenvalue weighted by Crippen LogP contribution is -2.31. The molecule has 0 spiro atoms. The zero-order chi connectivity index (χ0) is 14.3. The predicted octanol–water partition coefficient (Wildman–Crippen LogP) is 0.666. The van der Waals surface area contributed by atoms with Crippen molar-refractivity contribution in [3.05, 3.63) is 15.9 Å². The number of aryl methyl sites for hydroxylation is 2. The van der Waals surface area contributed by atoms with Crippen LogP contribution in [0.15, 0.2) is 4.47 Å². The molecule has 0 unspecified atom stereocenters. The summed E-state index contributed by atoms with van der Waals surface area (Å²) in [4.78, 5) is 36.7. The minimum atomic E-state index is -0.807. The predicted molar refractivity (Wildman–Crippen MR) is 69.0 cm³/mol. The van der Waals surface area contributed by atoms with Crippen LogP contribution in [0.1, 0.15) is 18.3 Å². The smallest absolute Gasteiger partial charge is 0.269 e. The van der Waals surface area contributed by atoms with Crippen molar-refractivity contribution in [3.8, 4) is 0 Å². The summed E-state index contributed by atoms with van der Waals surface area (Å²) < 4.78 is 2.37. The van der Waals surface area contributed by atoms with Gasteiger partial charge >= 0.3 is 17.8 Å². The summed E-state index contributed by atoms with van der Waals surface area (Å²) >= 11 is 3.41. The van der Waals surface area contributed by atoms with Crippen molar-refractivity contribution >= 4 is 33.8 Å². The maximum Gasteiger partial charge on any atom is 0.334 e. The van der Waals surface area contributed by atoms with Gasteiger partial charge in [-0.15, -0.1) is 0 Å². The molecule has 0 aromatic carbocycles. The van der Waals surface area contributed by atoms with E-state index >= 15 is 0 Å². The van der Waals surface area contributed by atoms with Crippen LogP contribution >= 0.6 is 15.9 Å². The summed E-state index contributed by atoms with van der Waals surface area (Å²) in [5, 5.41) is 4.28. The van der Waals surface area contributed by atoms with Crippen molar-refractivity contribution in [2.75, 3.05) is 7.05 Å². The number of likely N-dealkylation sites (N-methyl/N-ethyl adjacent to an activating group) is 1. The zero-order valence-electron chi connectivity index (χ0n) is 10.8. The quantitative estimate of drug-likeness (QED) is 0.603. The highest BCUT2D eigenvalue weighted by atomic mass is 79.9. The molecule has 2 heterocycles. The normalized spacial score (nSPS) is 15.9. The molecule has 1 fully saturated rings. The summed E-state index contributed by atoms with van der Waals surface area (Å²) in [6, 6.07) is -0.610. The largest absolute Gasteiger partial charge is 0.334 e. The second kappa shape index (κ2) is 4.76. The van der Waals surface area contributed by atoms with Crippen molar-refractivity contribution in [1.29, 1.82) is 0 Å². The van der Waals surface area contributed by atoms with Crippen LogP contribution in [-0.2, 0) is 29.6 Å². The zero-order valence-corrected chi connectivity index (χ0v) is 12.4. The third kappa shape index (κ3) is 2.05. The van der Waals surface area contributed by atoms with E-state index in [1.807, 2.05) is 6.92 Å². The Balaban J connectivity index is 2.32. The van der Waals surface area contributed by atoms with Crippen LogP contribution in [0.4, 0.5) is 4.79 Å². The Labute approximate surface area is 118 Å². The van der Waals surface area contributed by atoms with Crippen molar-refractivity contribution in [2.24, 2.45) is 7.05 Å². The fraction of sp³-hybridized carbons (Fsp3) is 0.455. The van der Waals surface area contributed by atoms with E-state index in [1.54, 1.807) is 11.7 Å². The molecule has 4 amide bonds. The van der Waals surface area contributed by atoms with Gasteiger partial charge in [-0.25, -0.2) is 9.69 Å². The minimum Gasteiger partial charge on any atom is -0.269 e. The molecule has 0 saturated carbocycles. The monoisotopic (exact) mass is 328 g/mol. The number of carbonyl (C=O) groups excluding carboxylic acids is 3. The Morgan fingerprint density at radius 2 is 1.79 bits per heavy atom. The molecule has 2 rings (SSSR count). The number of hydrogen-bond donors (Lipinski definition) is 0. The number of amides is 4. The first-order chi connectivity index (χ1) is 8.88. The first-order valence-electron chi connectivity index (χ1n) is 5.72. The van der Waals surface area contributed by atoms with E-state index in [1.165, 1.54) is 7.05 Å². The average molecular weight is 329 g/mol. The Hall–Kier alpha value is -1.70. The van der Waals surface area contributed by atoms with E-state index in [9.17, 15) is 14.4 Å². The summed E-state index contributed by atoms with van der Waals surface area (Å²) in [5.41, 5.74) is 1.53. The van der Waals surface area contributed by atoms with Crippen LogP contribution in [-0.4, -0.2) is 44.5 Å². The number of carbonyl (C=O) groups is 3.